The topological polar surface area (TPSA) is 75.6 Å². The summed E-state index contributed by atoms with van der Waals surface area (Å²) in [6.07, 6.45) is -4.49. The van der Waals surface area contributed by atoms with Crippen LogP contribution >= 0.6 is 11.3 Å². The van der Waals surface area contributed by atoms with Gasteiger partial charge in [-0.1, -0.05) is 0 Å². The van der Waals surface area contributed by atoms with E-state index in [1.807, 2.05) is 0 Å². The van der Waals surface area contributed by atoms with Crippen LogP contribution in [-0.2, 0) is 9.53 Å². The zero-order valence-electron chi connectivity index (χ0n) is 8.78. The van der Waals surface area contributed by atoms with Crippen molar-refractivity contribution in [3.63, 3.8) is 0 Å². The SMILES string of the molecule is O=C(COCC(F)(F)F)Nc1ccc(C(=O)O)s1. The number of aromatic carboxylic acids is 1. The average Bonchev–Trinajstić information content (AvgIpc) is 2.64. The molecule has 0 fully saturated rings. The van der Waals surface area contributed by atoms with Crippen LogP contribution in [0.1, 0.15) is 9.67 Å². The average molecular weight is 283 g/mol. The molecule has 0 atom stereocenters. The van der Waals surface area contributed by atoms with Gasteiger partial charge in [-0.3, -0.25) is 4.79 Å². The number of hydrogen-bond donors (Lipinski definition) is 2. The van der Waals surface area contributed by atoms with Crippen LogP contribution in [-0.4, -0.2) is 36.4 Å². The summed E-state index contributed by atoms with van der Waals surface area (Å²) in [4.78, 5) is 21.7. The molecule has 1 aromatic heterocycles. The van der Waals surface area contributed by atoms with Gasteiger partial charge in [0.25, 0.3) is 5.91 Å². The van der Waals surface area contributed by atoms with Crippen molar-refractivity contribution in [2.45, 2.75) is 6.18 Å². The van der Waals surface area contributed by atoms with Gasteiger partial charge in [0.1, 0.15) is 18.1 Å². The van der Waals surface area contributed by atoms with Crippen LogP contribution in [0.3, 0.4) is 0 Å². The molecule has 1 aromatic rings. The molecule has 100 valence electrons. The molecule has 0 aromatic carbocycles. The first-order valence-electron chi connectivity index (χ1n) is 4.55. The molecule has 1 heterocycles. The molecule has 1 rings (SSSR count). The van der Waals surface area contributed by atoms with E-state index in [0.29, 0.717) is 0 Å². The molecule has 0 spiro atoms. The molecule has 0 aliphatic heterocycles. The number of thiophene rings is 1. The lowest BCUT2D eigenvalue weighted by molar-refractivity contribution is -0.174. The van der Waals surface area contributed by atoms with E-state index in [0.717, 1.165) is 11.3 Å². The second kappa shape index (κ2) is 5.83. The second-order valence-electron chi connectivity index (χ2n) is 3.13. The minimum atomic E-state index is -4.49. The summed E-state index contributed by atoms with van der Waals surface area (Å²) in [7, 11) is 0. The number of anilines is 1. The number of hydrogen-bond acceptors (Lipinski definition) is 4. The molecule has 0 aliphatic rings. The molecule has 0 saturated heterocycles. The Kier molecular flexibility index (Phi) is 4.68. The van der Waals surface area contributed by atoms with Crippen molar-refractivity contribution in [2.75, 3.05) is 18.5 Å². The van der Waals surface area contributed by atoms with E-state index >= 15 is 0 Å². The highest BCUT2D eigenvalue weighted by Crippen LogP contribution is 2.21. The molecule has 0 aliphatic carbocycles. The van der Waals surface area contributed by atoms with Crippen molar-refractivity contribution in [2.24, 2.45) is 0 Å². The molecule has 0 radical (unpaired) electrons. The quantitative estimate of drug-likeness (QED) is 0.866. The number of carbonyl (C=O) groups excluding carboxylic acids is 1. The van der Waals surface area contributed by atoms with Crippen LogP contribution in [0.15, 0.2) is 12.1 Å². The van der Waals surface area contributed by atoms with E-state index in [-0.39, 0.29) is 9.88 Å². The second-order valence-corrected chi connectivity index (χ2v) is 4.21. The Balaban J connectivity index is 2.38. The van der Waals surface area contributed by atoms with Gasteiger partial charge in [-0.05, 0) is 12.1 Å². The summed E-state index contributed by atoms with van der Waals surface area (Å²) >= 11 is 0.799. The molecule has 2 N–H and O–H groups in total. The van der Waals surface area contributed by atoms with Gasteiger partial charge in [-0.25, -0.2) is 4.79 Å². The third kappa shape index (κ3) is 5.15. The number of carbonyl (C=O) groups is 2. The van der Waals surface area contributed by atoms with E-state index in [1.165, 1.54) is 12.1 Å². The Morgan fingerprint density at radius 1 is 1.39 bits per heavy atom. The first-order valence-corrected chi connectivity index (χ1v) is 5.37. The maximum absolute atomic E-state index is 11.7. The summed E-state index contributed by atoms with van der Waals surface area (Å²) in [5.74, 6) is -1.92. The van der Waals surface area contributed by atoms with Crippen molar-refractivity contribution < 1.29 is 32.6 Å². The molecule has 18 heavy (non-hydrogen) atoms. The number of ether oxygens (including phenoxy) is 1. The van der Waals surface area contributed by atoms with E-state index in [4.69, 9.17) is 5.11 Å². The smallest absolute Gasteiger partial charge is 0.411 e. The van der Waals surface area contributed by atoms with E-state index in [1.54, 1.807) is 0 Å². The fraction of sp³-hybridized carbons (Fsp3) is 0.333. The summed E-state index contributed by atoms with van der Waals surface area (Å²) < 4.78 is 39.3. The molecule has 5 nitrogen and oxygen atoms in total. The fourth-order valence-electron chi connectivity index (χ4n) is 0.953. The molecule has 9 heteroatoms. The number of rotatable bonds is 5. The highest BCUT2D eigenvalue weighted by atomic mass is 32.1. The Morgan fingerprint density at radius 2 is 2.06 bits per heavy atom. The van der Waals surface area contributed by atoms with Crippen LogP contribution in [0.4, 0.5) is 18.2 Å². The van der Waals surface area contributed by atoms with Gasteiger partial charge in [0.15, 0.2) is 0 Å². The lowest BCUT2D eigenvalue weighted by atomic mass is 10.5. The minimum Gasteiger partial charge on any atom is -0.477 e. The third-order valence-corrected chi connectivity index (χ3v) is 2.57. The first-order chi connectivity index (χ1) is 8.28. The van der Waals surface area contributed by atoms with Crippen molar-refractivity contribution in [1.82, 2.24) is 0 Å². The highest BCUT2D eigenvalue weighted by molar-refractivity contribution is 7.18. The molecule has 0 saturated carbocycles. The number of nitrogens with one attached hydrogen (secondary N) is 1. The molecular weight excluding hydrogens is 275 g/mol. The molecular formula is C9H8F3NO4S. The largest absolute Gasteiger partial charge is 0.477 e. The summed E-state index contributed by atoms with van der Waals surface area (Å²) in [5, 5.41) is 11.1. The minimum absolute atomic E-state index is 0.0153. The highest BCUT2D eigenvalue weighted by Gasteiger charge is 2.27. The monoisotopic (exact) mass is 283 g/mol. The fourth-order valence-corrected chi connectivity index (χ4v) is 1.71. The van der Waals surface area contributed by atoms with Gasteiger partial charge in [0, 0.05) is 0 Å². The number of amides is 1. The summed E-state index contributed by atoms with van der Waals surface area (Å²) in [6, 6.07) is 2.62. The van der Waals surface area contributed by atoms with E-state index in [2.05, 4.69) is 10.1 Å². The van der Waals surface area contributed by atoms with Crippen molar-refractivity contribution in [3.8, 4) is 0 Å². The standard InChI is InChI=1S/C9H8F3NO4S/c10-9(11,12)4-17-3-6(14)13-7-2-1-5(18-7)8(15)16/h1-2H,3-4H2,(H,13,14)(H,15,16). The zero-order valence-corrected chi connectivity index (χ0v) is 9.60. The summed E-state index contributed by atoms with van der Waals surface area (Å²) in [6.45, 7) is -2.26. The lowest BCUT2D eigenvalue weighted by Gasteiger charge is -2.07. The number of halogens is 3. The maximum atomic E-state index is 11.7. The molecule has 1 amide bonds. The Labute approximate surface area is 103 Å². The van der Waals surface area contributed by atoms with Gasteiger partial charge in [0.2, 0.25) is 0 Å². The Hall–Kier alpha value is -1.61. The Morgan fingerprint density at radius 3 is 2.56 bits per heavy atom. The molecule has 0 unspecified atom stereocenters. The molecule has 0 bridgehead atoms. The van der Waals surface area contributed by atoms with Gasteiger partial charge in [-0.2, -0.15) is 13.2 Å². The zero-order chi connectivity index (χ0) is 13.8. The number of carboxylic acid groups (broad SMARTS) is 1. The third-order valence-electron chi connectivity index (χ3n) is 1.58. The number of carboxylic acids is 1. The van der Waals surface area contributed by atoms with Crippen LogP contribution in [0.2, 0.25) is 0 Å². The van der Waals surface area contributed by atoms with E-state index < -0.39 is 31.3 Å². The predicted octanol–water partition coefficient (Wildman–Crippen LogP) is 1.96. The van der Waals surface area contributed by atoms with Crippen LogP contribution in [0, 0.1) is 0 Å². The van der Waals surface area contributed by atoms with Crippen LogP contribution in [0.5, 0.6) is 0 Å². The van der Waals surface area contributed by atoms with Crippen molar-refractivity contribution in [1.29, 1.82) is 0 Å². The predicted molar refractivity (Wildman–Crippen MR) is 56.8 cm³/mol. The van der Waals surface area contributed by atoms with Gasteiger partial charge >= 0.3 is 12.1 Å². The summed E-state index contributed by atoms with van der Waals surface area (Å²) in [5.41, 5.74) is 0. The van der Waals surface area contributed by atoms with Crippen LogP contribution in [0.25, 0.3) is 0 Å². The van der Waals surface area contributed by atoms with Crippen molar-refractivity contribution >= 4 is 28.2 Å². The van der Waals surface area contributed by atoms with E-state index in [9.17, 15) is 22.8 Å². The van der Waals surface area contributed by atoms with Crippen LogP contribution < -0.4 is 5.32 Å². The first kappa shape index (κ1) is 14.5. The normalized spacial score (nSPS) is 11.3. The van der Waals surface area contributed by atoms with Crippen molar-refractivity contribution in [3.05, 3.63) is 17.0 Å². The van der Waals surface area contributed by atoms with Gasteiger partial charge in [-0.15, -0.1) is 11.3 Å². The van der Waals surface area contributed by atoms with Gasteiger partial charge in [0.05, 0.1) is 5.00 Å². The number of alkyl halides is 3. The Bertz CT molecular complexity index is 443. The maximum Gasteiger partial charge on any atom is 0.411 e. The lowest BCUT2D eigenvalue weighted by Crippen LogP contribution is -2.23. The van der Waals surface area contributed by atoms with Gasteiger partial charge < -0.3 is 15.2 Å².